The number of rotatable bonds is 8. The van der Waals surface area contributed by atoms with Gasteiger partial charge in [0.15, 0.2) is 11.5 Å². The summed E-state index contributed by atoms with van der Waals surface area (Å²) in [6, 6.07) is 17.6. The van der Waals surface area contributed by atoms with Crippen molar-refractivity contribution in [2.24, 2.45) is 0 Å². The van der Waals surface area contributed by atoms with Gasteiger partial charge in [-0.3, -0.25) is 19.5 Å². The number of ether oxygens (including phenoxy) is 2. The molecule has 0 saturated carbocycles. The topological polar surface area (TPSA) is 96.0 Å². The van der Waals surface area contributed by atoms with Crippen LogP contribution in [0, 0.1) is 5.82 Å². The second-order valence-corrected chi connectivity index (χ2v) is 11.7. The molecule has 15 heteroatoms. The summed E-state index contributed by atoms with van der Waals surface area (Å²) < 4.78 is 25.8. The van der Waals surface area contributed by atoms with Crippen molar-refractivity contribution in [1.82, 2.24) is 14.8 Å². The van der Waals surface area contributed by atoms with Crippen molar-refractivity contribution in [2.45, 2.75) is 17.0 Å². The molecular weight excluding hydrogens is 591 g/mol. The normalized spacial score (nSPS) is 15.7. The maximum atomic E-state index is 14.7. The summed E-state index contributed by atoms with van der Waals surface area (Å²) in [5.41, 5.74) is 2.42. The highest BCUT2D eigenvalue weighted by molar-refractivity contribution is 6.67. The molecule has 1 aromatic heterocycles. The van der Waals surface area contributed by atoms with Gasteiger partial charge in [0.05, 0.1) is 56.1 Å². The Morgan fingerprint density at radius 3 is 2.21 bits per heavy atom. The van der Waals surface area contributed by atoms with Gasteiger partial charge in [-0.2, -0.15) is 0 Å². The van der Waals surface area contributed by atoms with Crippen LogP contribution in [0.2, 0.25) is 5.11 Å². The maximum Gasteiger partial charge on any atom is 0.255 e. The number of amides is 2. The molecule has 0 spiro atoms. The number of aromatic nitrogens is 1. The Kier molecular flexibility index (Phi) is 9.13. The Bertz CT molecular complexity index is 1830. The second-order valence-electron chi connectivity index (χ2n) is 11.7. The highest BCUT2D eigenvalue weighted by Crippen LogP contribution is 2.32. The van der Waals surface area contributed by atoms with Gasteiger partial charge in [-0.05, 0) is 60.7 Å². The molecule has 3 aromatic carbocycles. The minimum Gasteiger partial charge on any atom is -0.486 e. The first kappa shape index (κ1) is 32.7. The van der Waals surface area contributed by atoms with Crippen molar-refractivity contribution < 1.29 is 23.5 Å². The first-order chi connectivity index (χ1) is 22.4. The van der Waals surface area contributed by atoms with Crippen molar-refractivity contribution in [3.05, 3.63) is 89.4 Å². The average Bonchev–Trinajstić information content (AvgIpc) is 3.05. The molecule has 6 rings (SSSR count). The zero-order valence-corrected chi connectivity index (χ0v) is 25.5. The summed E-state index contributed by atoms with van der Waals surface area (Å²) in [4.78, 5) is 34.7. The van der Waals surface area contributed by atoms with E-state index in [-0.39, 0.29) is 5.69 Å². The number of hydrogen-bond donors (Lipinski definition) is 2. The minimum absolute atomic E-state index is 0.0831. The van der Waals surface area contributed by atoms with Crippen LogP contribution in [-0.2, 0) is 6.54 Å². The van der Waals surface area contributed by atoms with Crippen molar-refractivity contribution in [2.75, 3.05) is 50.0 Å². The smallest absolute Gasteiger partial charge is 0.255 e. The summed E-state index contributed by atoms with van der Waals surface area (Å²) in [7, 11) is 29.5. The lowest BCUT2D eigenvalue weighted by Crippen LogP contribution is -2.63. The molecule has 3 heterocycles. The summed E-state index contributed by atoms with van der Waals surface area (Å²) in [6.45, 7) is 3.80. The van der Waals surface area contributed by atoms with E-state index in [9.17, 15) is 14.0 Å². The Labute approximate surface area is 279 Å². The highest BCUT2D eigenvalue weighted by atomic mass is 19.1. The van der Waals surface area contributed by atoms with Crippen LogP contribution >= 0.6 is 0 Å². The number of pyridine rings is 1. The largest absolute Gasteiger partial charge is 0.486 e. The number of hydrogen-bond acceptors (Lipinski definition) is 7. The molecule has 0 unspecified atom stereocenters. The van der Waals surface area contributed by atoms with E-state index in [0.717, 1.165) is 11.1 Å². The summed E-state index contributed by atoms with van der Waals surface area (Å²) in [5, 5.41) is 2.76. The number of benzene rings is 3. The van der Waals surface area contributed by atoms with Gasteiger partial charge in [0.25, 0.3) is 11.8 Å². The van der Waals surface area contributed by atoms with E-state index in [1.165, 1.54) is 18.2 Å². The standard InChI is InChI=1S/C32H27B5FN5O4/c33-31(34,35)32(36,37)43-11-9-42(10-12-43)18-23-4-1-19-15-20(2-7-25(19)39-23)30(45)41-26-17-22(5-6-24(26)38)40-29(44)21-3-8-27-28(16-21)47-14-13-46-27/h1-8,15-17H,9-14,18H2,(H,40,44)(H,41,45). The van der Waals surface area contributed by atoms with Crippen LogP contribution in [-0.4, -0.2) is 111 Å². The van der Waals surface area contributed by atoms with Gasteiger partial charge in [0.1, 0.15) is 19.0 Å². The van der Waals surface area contributed by atoms with E-state index in [1.807, 2.05) is 12.1 Å². The third-order valence-corrected chi connectivity index (χ3v) is 8.26. The number of carbonyl (C=O) groups is 2. The Hall–Kier alpha value is -4.22. The van der Waals surface area contributed by atoms with E-state index in [0.29, 0.717) is 79.8 Å². The van der Waals surface area contributed by atoms with Gasteiger partial charge >= 0.3 is 0 Å². The van der Waals surface area contributed by atoms with Gasteiger partial charge in [-0.15, -0.1) is 5.11 Å². The molecule has 0 aliphatic carbocycles. The van der Waals surface area contributed by atoms with E-state index in [1.54, 1.807) is 41.3 Å². The third kappa shape index (κ3) is 7.21. The lowest BCUT2D eigenvalue weighted by Gasteiger charge is -2.53. The molecule has 226 valence electrons. The molecule has 1 fully saturated rings. The molecule has 4 aromatic rings. The van der Waals surface area contributed by atoms with Gasteiger partial charge < -0.3 is 25.0 Å². The summed E-state index contributed by atoms with van der Waals surface area (Å²) in [6.07, 6.45) is 0. The van der Waals surface area contributed by atoms with E-state index in [4.69, 9.17) is 53.7 Å². The van der Waals surface area contributed by atoms with E-state index < -0.39 is 28.1 Å². The number of halogens is 1. The van der Waals surface area contributed by atoms with Crippen LogP contribution in [0.4, 0.5) is 15.8 Å². The maximum absolute atomic E-state index is 14.7. The molecule has 1 saturated heterocycles. The minimum atomic E-state index is -1.75. The van der Waals surface area contributed by atoms with Crippen LogP contribution in [0.1, 0.15) is 26.4 Å². The monoisotopic (exact) mass is 619 g/mol. The SMILES string of the molecule is [B]C([B])([B])C([B])([B])N1CCN(Cc2ccc3cc(C(=O)Nc4cc(NC(=O)c5ccc6c(c5)OCCO6)ccc4F)ccc3n2)CC1. The Balaban J connectivity index is 1.08. The van der Waals surface area contributed by atoms with Crippen LogP contribution < -0.4 is 20.1 Å². The van der Waals surface area contributed by atoms with Crippen molar-refractivity contribution in [3.8, 4) is 11.5 Å². The van der Waals surface area contributed by atoms with Gasteiger partial charge in [0, 0.05) is 54.9 Å². The zero-order valence-electron chi connectivity index (χ0n) is 25.5. The fraction of sp³-hybridized carbons (Fsp3) is 0.281. The van der Waals surface area contributed by atoms with Crippen LogP contribution in [0.5, 0.6) is 11.5 Å². The Morgan fingerprint density at radius 2 is 1.47 bits per heavy atom. The molecule has 10 radical (unpaired) electrons. The predicted octanol–water partition coefficient (Wildman–Crippen LogP) is 2.34. The Morgan fingerprint density at radius 1 is 0.787 bits per heavy atom. The number of anilines is 2. The number of fused-ring (bicyclic) bond motifs is 2. The van der Waals surface area contributed by atoms with Crippen molar-refractivity contribution >= 4 is 73.3 Å². The lowest BCUT2D eigenvalue weighted by molar-refractivity contribution is 0.101. The average molecular weight is 619 g/mol. The fourth-order valence-electron chi connectivity index (χ4n) is 5.46. The van der Waals surface area contributed by atoms with Crippen LogP contribution in [0.15, 0.2) is 66.7 Å². The molecular formula is C32H27B5FN5O4. The third-order valence-electron chi connectivity index (χ3n) is 8.26. The lowest BCUT2D eigenvalue weighted by atomic mass is 9.26. The second kappa shape index (κ2) is 13.1. The molecule has 2 N–H and O–H groups in total. The van der Waals surface area contributed by atoms with Gasteiger partial charge in [-0.1, -0.05) is 11.4 Å². The van der Waals surface area contributed by atoms with Gasteiger partial charge in [-0.25, -0.2) is 4.39 Å². The van der Waals surface area contributed by atoms with Gasteiger partial charge in [0.2, 0.25) is 0 Å². The molecule has 2 amide bonds. The number of piperazine rings is 1. The molecule has 0 bridgehead atoms. The van der Waals surface area contributed by atoms with Crippen molar-refractivity contribution in [1.29, 1.82) is 0 Å². The van der Waals surface area contributed by atoms with Crippen LogP contribution in [0.25, 0.3) is 10.9 Å². The quantitative estimate of drug-likeness (QED) is 0.293. The fourth-order valence-corrected chi connectivity index (χ4v) is 5.46. The van der Waals surface area contributed by atoms with Crippen LogP contribution in [0.3, 0.4) is 0 Å². The van der Waals surface area contributed by atoms with E-state index >= 15 is 0 Å². The molecule has 9 nitrogen and oxygen atoms in total. The first-order valence-corrected chi connectivity index (χ1v) is 15.0. The molecule has 47 heavy (non-hydrogen) atoms. The zero-order chi connectivity index (χ0) is 33.3. The number of nitrogens with zero attached hydrogens (tertiary/aromatic N) is 3. The predicted molar refractivity (Wildman–Crippen MR) is 183 cm³/mol. The van der Waals surface area contributed by atoms with Crippen molar-refractivity contribution in [3.63, 3.8) is 0 Å². The molecule has 2 aliphatic rings. The van der Waals surface area contributed by atoms with E-state index in [2.05, 4.69) is 15.5 Å². The molecule has 2 aliphatic heterocycles. The highest BCUT2D eigenvalue weighted by Gasteiger charge is 2.37. The summed E-state index contributed by atoms with van der Waals surface area (Å²) >= 11 is 0. The first-order valence-electron chi connectivity index (χ1n) is 15.0. The summed E-state index contributed by atoms with van der Waals surface area (Å²) in [5.74, 6) is -0.561. The molecule has 0 atom stereocenters. The number of carbonyl (C=O) groups excluding carboxylic acids is 2. The number of nitrogens with one attached hydrogen (secondary N) is 2.